The molecule has 6 nitrogen and oxygen atoms in total. The molecule has 0 saturated heterocycles. The van der Waals surface area contributed by atoms with Crippen molar-refractivity contribution in [1.29, 1.82) is 0 Å². The number of benzene rings is 2. The number of rotatable bonds is 6. The van der Waals surface area contributed by atoms with Crippen LogP contribution in [0.15, 0.2) is 60.8 Å². The van der Waals surface area contributed by atoms with Crippen molar-refractivity contribution in [2.75, 3.05) is 17.2 Å². The fourth-order valence-electron chi connectivity index (χ4n) is 2.46. The molecule has 8 heteroatoms. The Morgan fingerprint density at radius 3 is 2.00 bits per heavy atom. The lowest BCUT2D eigenvalue weighted by Gasteiger charge is -2.09. The third-order valence-electron chi connectivity index (χ3n) is 3.89. The second kappa shape index (κ2) is 9.41. The maximum absolute atomic E-state index is 12.4. The van der Waals surface area contributed by atoms with Crippen LogP contribution >= 0.6 is 23.2 Å². The zero-order valence-electron chi connectivity index (χ0n) is 15.4. The summed E-state index contributed by atoms with van der Waals surface area (Å²) in [7, 11) is 0. The Labute approximate surface area is 177 Å². The zero-order valence-corrected chi connectivity index (χ0v) is 16.9. The molecule has 0 spiro atoms. The molecular formula is C21H17Cl2N3O3. The molecule has 0 bridgehead atoms. The van der Waals surface area contributed by atoms with Crippen molar-refractivity contribution in [3.05, 3.63) is 82.1 Å². The molecule has 0 radical (unpaired) electrons. The lowest BCUT2D eigenvalue weighted by Crippen LogP contribution is -2.14. The molecule has 148 valence electrons. The van der Waals surface area contributed by atoms with E-state index in [1.165, 1.54) is 12.3 Å². The fraction of sp³-hybridized carbons (Fsp3) is 0.0952. The third-order valence-corrected chi connectivity index (χ3v) is 4.57. The predicted molar refractivity (Wildman–Crippen MR) is 114 cm³/mol. The Hall–Kier alpha value is -3.09. The Morgan fingerprint density at radius 2 is 1.45 bits per heavy atom. The van der Waals surface area contributed by atoms with Gasteiger partial charge in [0, 0.05) is 23.1 Å². The summed E-state index contributed by atoms with van der Waals surface area (Å²) >= 11 is 11.6. The highest BCUT2D eigenvalue weighted by atomic mass is 35.5. The van der Waals surface area contributed by atoms with Crippen LogP contribution in [0.25, 0.3) is 0 Å². The Bertz CT molecular complexity index is 1020. The fourth-order valence-corrected chi connectivity index (χ4v) is 2.73. The summed E-state index contributed by atoms with van der Waals surface area (Å²) in [6.07, 6.45) is 1.34. The van der Waals surface area contributed by atoms with Crippen LogP contribution in [-0.2, 0) is 0 Å². The summed E-state index contributed by atoms with van der Waals surface area (Å²) in [4.78, 5) is 28.5. The first-order chi connectivity index (χ1) is 14.0. The van der Waals surface area contributed by atoms with Crippen LogP contribution in [0.1, 0.15) is 27.6 Å². The summed E-state index contributed by atoms with van der Waals surface area (Å²) < 4.78 is 5.37. The van der Waals surface area contributed by atoms with Crippen molar-refractivity contribution in [3.63, 3.8) is 0 Å². The number of carbonyl (C=O) groups excluding carboxylic acids is 2. The quantitative estimate of drug-likeness (QED) is 0.521. The van der Waals surface area contributed by atoms with Crippen LogP contribution in [-0.4, -0.2) is 23.4 Å². The maximum atomic E-state index is 12.4. The number of nitrogens with one attached hydrogen (secondary N) is 2. The predicted octanol–water partition coefficient (Wildman–Crippen LogP) is 5.29. The molecule has 1 heterocycles. The molecule has 3 aromatic rings. The maximum Gasteiger partial charge on any atom is 0.257 e. The first-order valence-electron chi connectivity index (χ1n) is 8.73. The van der Waals surface area contributed by atoms with Gasteiger partial charge in [-0.2, -0.15) is 0 Å². The summed E-state index contributed by atoms with van der Waals surface area (Å²) in [5.74, 6) is 0.0890. The second-order valence-corrected chi connectivity index (χ2v) is 6.70. The second-order valence-electron chi connectivity index (χ2n) is 5.94. The summed E-state index contributed by atoms with van der Waals surface area (Å²) in [5.41, 5.74) is 1.91. The van der Waals surface area contributed by atoms with Gasteiger partial charge in [0.25, 0.3) is 11.8 Å². The SMILES string of the molecule is CCOc1ccc(NC(=O)c2ccc(NC(=O)c3cnc(Cl)c(Cl)c3)cc2)cc1. The summed E-state index contributed by atoms with van der Waals surface area (Å²) in [6, 6.07) is 15.0. The smallest absolute Gasteiger partial charge is 0.257 e. The number of ether oxygens (including phenoxy) is 1. The highest BCUT2D eigenvalue weighted by molar-refractivity contribution is 6.41. The number of pyridine rings is 1. The van der Waals surface area contributed by atoms with Crippen LogP contribution in [0.2, 0.25) is 10.2 Å². The van der Waals surface area contributed by atoms with E-state index >= 15 is 0 Å². The lowest BCUT2D eigenvalue weighted by atomic mass is 10.1. The molecular weight excluding hydrogens is 413 g/mol. The monoisotopic (exact) mass is 429 g/mol. The molecule has 0 atom stereocenters. The average Bonchev–Trinajstić information content (AvgIpc) is 2.72. The normalized spacial score (nSPS) is 10.3. The van der Waals surface area contributed by atoms with E-state index in [9.17, 15) is 9.59 Å². The average molecular weight is 430 g/mol. The van der Waals surface area contributed by atoms with E-state index in [1.54, 1.807) is 48.5 Å². The van der Waals surface area contributed by atoms with Gasteiger partial charge in [0.2, 0.25) is 0 Å². The summed E-state index contributed by atoms with van der Waals surface area (Å²) in [6.45, 7) is 2.49. The molecule has 0 aliphatic carbocycles. The molecule has 0 unspecified atom stereocenters. The van der Waals surface area contributed by atoms with Gasteiger partial charge >= 0.3 is 0 Å². The van der Waals surface area contributed by atoms with Crippen LogP contribution in [0, 0.1) is 0 Å². The van der Waals surface area contributed by atoms with Gasteiger partial charge in [-0.3, -0.25) is 9.59 Å². The van der Waals surface area contributed by atoms with Gasteiger partial charge in [0.05, 0.1) is 17.2 Å². The van der Waals surface area contributed by atoms with Crippen LogP contribution in [0.5, 0.6) is 5.75 Å². The van der Waals surface area contributed by atoms with Gasteiger partial charge in [0.15, 0.2) is 0 Å². The van der Waals surface area contributed by atoms with Gasteiger partial charge < -0.3 is 15.4 Å². The van der Waals surface area contributed by atoms with Crippen molar-refractivity contribution in [1.82, 2.24) is 4.98 Å². The van der Waals surface area contributed by atoms with Gasteiger partial charge in [-0.1, -0.05) is 23.2 Å². The largest absolute Gasteiger partial charge is 0.494 e. The molecule has 0 saturated carbocycles. The van der Waals surface area contributed by atoms with E-state index < -0.39 is 0 Å². The molecule has 29 heavy (non-hydrogen) atoms. The molecule has 0 fully saturated rings. The third kappa shape index (κ3) is 5.47. The minimum atomic E-state index is -0.386. The zero-order chi connectivity index (χ0) is 20.8. The van der Waals surface area contributed by atoms with Crippen molar-refractivity contribution >= 4 is 46.4 Å². The van der Waals surface area contributed by atoms with E-state index in [0.717, 1.165) is 5.75 Å². The van der Waals surface area contributed by atoms with Gasteiger partial charge in [-0.25, -0.2) is 4.98 Å². The number of hydrogen-bond acceptors (Lipinski definition) is 4. The van der Waals surface area contributed by atoms with Crippen LogP contribution in [0.3, 0.4) is 0 Å². The number of hydrogen-bond donors (Lipinski definition) is 2. The first kappa shape index (κ1) is 20.6. The number of carbonyl (C=O) groups is 2. The molecule has 1 aromatic heterocycles. The Kier molecular flexibility index (Phi) is 6.69. The van der Waals surface area contributed by atoms with E-state index in [0.29, 0.717) is 23.5 Å². The highest BCUT2D eigenvalue weighted by Gasteiger charge is 2.11. The molecule has 2 amide bonds. The van der Waals surface area contributed by atoms with E-state index in [4.69, 9.17) is 27.9 Å². The lowest BCUT2D eigenvalue weighted by molar-refractivity contribution is 0.101. The first-order valence-corrected chi connectivity index (χ1v) is 9.48. The van der Waals surface area contributed by atoms with Gasteiger partial charge in [-0.15, -0.1) is 0 Å². The minimum Gasteiger partial charge on any atom is -0.494 e. The highest BCUT2D eigenvalue weighted by Crippen LogP contribution is 2.21. The number of nitrogens with zero attached hydrogens (tertiary/aromatic N) is 1. The van der Waals surface area contributed by atoms with Crippen molar-refractivity contribution < 1.29 is 14.3 Å². The Morgan fingerprint density at radius 1 is 0.897 bits per heavy atom. The topological polar surface area (TPSA) is 80.3 Å². The van der Waals surface area contributed by atoms with Crippen LogP contribution < -0.4 is 15.4 Å². The number of anilines is 2. The molecule has 3 rings (SSSR count). The number of halogens is 2. The van der Waals surface area contributed by atoms with Gasteiger partial charge in [0.1, 0.15) is 10.9 Å². The number of aromatic nitrogens is 1. The van der Waals surface area contributed by atoms with E-state index in [2.05, 4.69) is 15.6 Å². The molecule has 0 aliphatic rings. The van der Waals surface area contributed by atoms with Crippen molar-refractivity contribution in [2.45, 2.75) is 6.92 Å². The standard InChI is InChI=1S/C21H17Cl2N3O3/c1-2-29-17-9-7-16(8-10-17)25-20(27)13-3-5-15(6-4-13)26-21(28)14-11-18(22)19(23)24-12-14/h3-12H,2H2,1H3,(H,25,27)(H,26,28). The molecule has 0 aliphatic heterocycles. The Balaban J connectivity index is 1.62. The summed E-state index contributed by atoms with van der Waals surface area (Å²) in [5, 5.41) is 5.85. The minimum absolute atomic E-state index is 0.131. The van der Waals surface area contributed by atoms with Crippen molar-refractivity contribution in [2.24, 2.45) is 0 Å². The molecule has 2 aromatic carbocycles. The van der Waals surface area contributed by atoms with Crippen LogP contribution in [0.4, 0.5) is 11.4 Å². The van der Waals surface area contributed by atoms with E-state index in [1.807, 2.05) is 6.92 Å². The molecule has 2 N–H and O–H groups in total. The van der Waals surface area contributed by atoms with E-state index in [-0.39, 0.29) is 27.6 Å². The van der Waals surface area contributed by atoms with Crippen molar-refractivity contribution in [3.8, 4) is 5.75 Å². The number of amides is 2. The van der Waals surface area contributed by atoms with Gasteiger partial charge in [-0.05, 0) is 61.5 Å².